The summed E-state index contributed by atoms with van der Waals surface area (Å²) >= 11 is 0. The van der Waals surface area contributed by atoms with Crippen LogP contribution in [-0.2, 0) is 16.1 Å². The molecule has 1 atom stereocenters. The average molecular weight is 220 g/mol. The fourth-order valence-corrected chi connectivity index (χ4v) is 1.45. The van der Waals surface area contributed by atoms with Crippen molar-refractivity contribution in [2.45, 2.75) is 26.4 Å². The molecule has 1 rings (SSSR count). The third kappa shape index (κ3) is 3.08. The van der Waals surface area contributed by atoms with Gasteiger partial charge in [0.1, 0.15) is 6.04 Å². The molecule has 86 valence electrons. The standard InChI is InChI=1S/C12H16N2O2/c1-9(12(13)16)14(10(2)15)8-11-6-4-3-5-7-11/h3-7,9H,8H2,1-2H3,(H2,13,16). The number of primary amides is 1. The first-order valence-corrected chi connectivity index (χ1v) is 5.13. The van der Waals surface area contributed by atoms with Crippen LogP contribution in [-0.4, -0.2) is 22.8 Å². The van der Waals surface area contributed by atoms with Crippen molar-refractivity contribution in [2.75, 3.05) is 0 Å². The van der Waals surface area contributed by atoms with E-state index in [-0.39, 0.29) is 5.91 Å². The van der Waals surface area contributed by atoms with Crippen molar-refractivity contribution in [1.82, 2.24) is 4.90 Å². The molecule has 0 aromatic heterocycles. The van der Waals surface area contributed by atoms with E-state index in [1.165, 1.54) is 11.8 Å². The van der Waals surface area contributed by atoms with Gasteiger partial charge in [0.25, 0.3) is 0 Å². The Morgan fingerprint density at radius 3 is 2.31 bits per heavy atom. The maximum Gasteiger partial charge on any atom is 0.239 e. The Morgan fingerprint density at radius 2 is 1.88 bits per heavy atom. The predicted molar refractivity (Wildman–Crippen MR) is 61.3 cm³/mol. The van der Waals surface area contributed by atoms with E-state index in [0.717, 1.165) is 5.56 Å². The monoisotopic (exact) mass is 220 g/mol. The third-order valence-corrected chi connectivity index (χ3v) is 2.48. The van der Waals surface area contributed by atoms with Gasteiger partial charge in [-0.05, 0) is 12.5 Å². The van der Waals surface area contributed by atoms with Gasteiger partial charge < -0.3 is 10.6 Å². The zero-order valence-corrected chi connectivity index (χ0v) is 9.51. The van der Waals surface area contributed by atoms with Gasteiger partial charge in [0, 0.05) is 13.5 Å². The SMILES string of the molecule is CC(=O)N(Cc1ccccc1)C(C)C(N)=O. The highest BCUT2D eigenvalue weighted by atomic mass is 16.2. The maximum absolute atomic E-state index is 11.4. The summed E-state index contributed by atoms with van der Waals surface area (Å²) in [5, 5.41) is 0. The molecular formula is C12H16N2O2. The van der Waals surface area contributed by atoms with Crippen molar-refractivity contribution in [3.05, 3.63) is 35.9 Å². The molecule has 0 radical (unpaired) electrons. The Labute approximate surface area is 95.0 Å². The van der Waals surface area contributed by atoms with E-state index in [1.807, 2.05) is 30.3 Å². The summed E-state index contributed by atoms with van der Waals surface area (Å²) < 4.78 is 0. The average Bonchev–Trinajstić information content (AvgIpc) is 2.26. The number of amides is 2. The van der Waals surface area contributed by atoms with Gasteiger partial charge in [0.2, 0.25) is 11.8 Å². The summed E-state index contributed by atoms with van der Waals surface area (Å²) in [6.07, 6.45) is 0. The summed E-state index contributed by atoms with van der Waals surface area (Å²) in [7, 11) is 0. The van der Waals surface area contributed by atoms with Gasteiger partial charge in [-0.2, -0.15) is 0 Å². The van der Waals surface area contributed by atoms with E-state index in [2.05, 4.69) is 0 Å². The highest BCUT2D eigenvalue weighted by Gasteiger charge is 2.21. The first kappa shape index (κ1) is 12.2. The first-order chi connectivity index (χ1) is 7.52. The molecule has 2 amide bonds. The van der Waals surface area contributed by atoms with Crippen LogP contribution >= 0.6 is 0 Å². The van der Waals surface area contributed by atoms with Crippen molar-refractivity contribution in [2.24, 2.45) is 5.73 Å². The topological polar surface area (TPSA) is 63.4 Å². The molecule has 1 aromatic carbocycles. The Bertz CT molecular complexity index is 376. The van der Waals surface area contributed by atoms with Gasteiger partial charge >= 0.3 is 0 Å². The number of nitrogens with zero attached hydrogens (tertiary/aromatic N) is 1. The molecule has 16 heavy (non-hydrogen) atoms. The van der Waals surface area contributed by atoms with Crippen molar-refractivity contribution in [3.63, 3.8) is 0 Å². The molecule has 0 bridgehead atoms. The molecule has 0 saturated carbocycles. The zero-order chi connectivity index (χ0) is 12.1. The number of hydrogen-bond donors (Lipinski definition) is 1. The molecule has 0 heterocycles. The molecule has 4 heteroatoms. The van der Waals surface area contributed by atoms with Gasteiger partial charge in [-0.25, -0.2) is 0 Å². The Balaban J connectivity index is 2.81. The zero-order valence-electron chi connectivity index (χ0n) is 9.51. The smallest absolute Gasteiger partial charge is 0.239 e. The predicted octanol–water partition coefficient (Wildman–Crippen LogP) is 0.909. The normalized spacial score (nSPS) is 11.9. The highest BCUT2D eigenvalue weighted by molar-refractivity contribution is 5.85. The van der Waals surface area contributed by atoms with Gasteiger partial charge in [-0.15, -0.1) is 0 Å². The molecule has 0 aliphatic heterocycles. The van der Waals surface area contributed by atoms with Crippen molar-refractivity contribution in [1.29, 1.82) is 0 Å². The lowest BCUT2D eigenvalue weighted by Crippen LogP contribution is -2.44. The second kappa shape index (κ2) is 5.30. The van der Waals surface area contributed by atoms with E-state index in [0.29, 0.717) is 6.54 Å². The number of carbonyl (C=O) groups is 2. The molecule has 0 aliphatic rings. The molecule has 4 nitrogen and oxygen atoms in total. The van der Waals surface area contributed by atoms with E-state index in [9.17, 15) is 9.59 Å². The molecular weight excluding hydrogens is 204 g/mol. The molecule has 2 N–H and O–H groups in total. The fourth-order valence-electron chi connectivity index (χ4n) is 1.45. The van der Waals surface area contributed by atoms with Crippen LogP contribution in [0.3, 0.4) is 0 Å². The largest absolute Gasteiger partial charge is 0.368 e. The van der Waals surface area contributed by atoms with Crippen LogP contribution in [0, 0.1) is 0 Å². The Hall–Kier alpha value is -1.84. The Kier molecular flexibility index (Phi) is 4.05. The first-order valence-electron chi connectivity index (χ1n) is 5.13. The van der Waals surface area contributed by atoms with Gasteiger partial charge in [0.05, 0.1) is 0 Å². The second-order valence-electron chi connectivity index (χ2n) is 3.71. The summed E-state index contributed by atoms with van der Waals surface area (Å²) in [4.78, 5) is 23.9. The van der Waals surface area contributed by atoms with Crippen LogP contribution in [0.25, 0.3) is 0 Å². The summed E-state index contributed by atoms with van der Waals surface area (Å²) in [5.74, 6) is -0.652. The summed E-state index contributed by atoms with van der Waals surface area (Å²) in [6, 6.07) is 8.91. The molecule has 0 spiro atoms. The van der Waals surface area contributed by atoms with Crippen LogP contribution in [0.4, 0.5) is 0 Å². The minimum absolute atomic E-state index is 0.157. The lowest BCUT2D eigenvalue weighted by molar-refractivity contribution is -0.137. The lowest BCUT2D eigenvalue weighted by Gasteiger charge is -2.25. The minimum Gasteiger partial charge on any atom is -0.368 e. The second-order valence-corrected chi connectivity index (χ2v) is 3.71. The van der Waals surface area contributed by atoms with Crippen LogP contribution in [0.5, 0.6) is 0 Å². The summed E-state index contributed by atoms with van der Waals surface area (Å²) in [5.41, 5.74) is 6.17. The molecule has 1 aromatic rings. The van der Waals surface area contributed by atoms with E-state index in [4.69, 9.17) is 5.73 Å². The van der Waals surface area contributed by atoms with Gasteiger partial charge in [-0.3, -0.25) is 9.59 Å². The van der Waals surface area contributed by atoms with E-state index in [1.54, 1.807) is 6.92 Å². The third-order valence-electron chi connectivity index (χ3n) is 2.48. The van der Waals surface area contributed by atoms with Gasteiger partial charge in [-0.1, -0.05) is 30.3 Å². The van der Waals surface area contributed by atoms with Crippen LogP contribution < -0.4 is 5.73 Å². The number of hydrogen-bond acceptors (Lipinski definition) is 2. The maximum atomic E-state index is 11.4. The molecule has 0 saturated heterocycles. The highest BCUT2D eigenvalue weighted by Crippen LogP contribution is 2.08. The van der Waals surface area contributed by atoms with E-state index >= 15 is 0 Å². The fraction of sp³-hybridized carbons (Fsp3) is 0.333. The lowest BCUT2D eigenvalue weighted by atomic mass is 10.1. The van der Waals surface area contributed by atoms with Crippen LogP contribution in [0.15, 0.2) is 30.3 Å². The quantitative estimate of drug-likeness (QED) is 0.819. The minimum atomic E-state index is -0.585. The number of rotatable bonds is 4. The van der Waals surface area contributed by atoms with Gasteiger partial charge in [0.15, 0.2) is 0 Å². The van der Waals surface area contributed by atoms with Crippen LogP contribution in [0.1, 0.15) is 19.4 Å². The van der Waals surface area contributed by atoms with Crippen LogP contribution in [0.2, 0.25) is 0 Å². The van der Waals surface area contributed by atoms with Crippen molar-refractivity contribution < 1.29 is 9.59 Å². The molecule has 0 fully saturated rings. The number of carbonyl (C=O) groups excluding carboxylic acids is 2. The number of nitrogens with two attached hydrogens (primary N) is 1. The summed E-state index contributed by atoms with van der Waals surface area (Å²) in [6.45, 7) is 3.47. The molecule has 0 aliphatic carbocycles. The van der Waals surface area contributed by atoms with E-state index < -0.39 is 11.9 Å². The molecule has 1 unspecified atom stereocenters. The number of benzene rings is 1. The Morgan fingerprint density at radius 1 is 1.31 bits per heavy atom. The van der Waals surface area contributed by atoms with Crippen molar-refractivity contribution in [3.8, 4) is 0 Å². The van der Waals surface area contributed by atoms with Crippen molar-refractivity contribution >= 4 is 11.8 Å².